The van der Waals surface area contributed by atoms with Crippen molar-refractivity contribution in [3.05, 3.63) is 100 Å². The summed E-state index contributed by atoms with van der Waals surface area (Å²) >= 11 is 26.4. The van der Waals surface area contributed by atoms with Crippen molar-refractivity contribution in [3.8, 4) is 11.4 Å². The summed E-state index contributed by atoms with van der Waals surface area (Å²) in [6, 6.07) is 11.5. The van der Waals surface area contributed by atoms with Crippen molar-refractivity contribution >= 4 is 62.3 Å². The molecule has 2 aromatic heterocycles. The van der Waals surface area contributed by atoms with E-state index in [1.165, 1.54) is 6.07 Å². The van der Waals surface area contributed by atoms with Crippen LogP contribution in [0.4, 0.5) is 0 Å². The van der Waals surface area contributed by atoms with Crippen molar-refractivity contribution in [2.24, 2.45) is 0 Å². The molecular formula is C18H11BrCl4N4O2. The molecule has 4 aromatic rings. The van der Waals surface area contributed by atoms with E-state index in [2.05, 4.69) is 26.1 Å². The van der Waals surface area contributed by atoms with Crippen LogP contribution in [0.2, 0.25) is 20.1 Å². The first-order valence-electron chi connectivity index (χ1n) is 7.89. The molecule has 0 aliphatic heterocycles. The van der Waals surface area contributed by atoms with Gasteiger partial charge in [0, 0.05) is 38.6 Å². The summed E-state index contributed by atoms with van der Waals surface area (Å²) in [5, 5.41) is 7.30. The van der Waals surface area contributed by atoms with Gasteiger partial charge in [-0.2, -0.15) is 0 Å². The minimum absolute atomic E-state index is 0.166. The summed E-state index contributed by atoms with van der Waals surface area (Å²) in [7, 11) is 0. The third kappa shape index (κ3) is 5.81. The molecule has 0 bridgehead atoms. The molecule has 6 nitrogen and oxygen atoms in total. The van der Waals surface area contributed by atoms with Crippen molar-refractivity contribution in [1.29, 1.82) is 0 Å². The molecule has 29 heavy (non-hydrogen) atoms. The summed E-state index contributed by atoms with van der Waals surface area (Å²) in [6.07, 6.45) is 3.23. The number of rotatable bonds is 2. The Bertz CT molecular complexity index is 1230. The average Bonchev–Trinajstić information content (AvgIpc) is 3.20. The van der Waals surface area contributed by atoms with E-state index in [9.17, 15) is 9.59 Å². The first-order valence-corrected chi connectivity index (χ1v) is 10.2. The van der Waals surface area contributed by atoms with E-state index in [4.69, 9.17) is 46.4 Å². The Kier molecular flexibility index (Phi) is 6.97. The standard InChI is InChI=1S/C9H5BrCl2N2O.C9H6Cl2N2O/c10-8-4-14(13-9(8)15)7-2-5(11)1-6(12)3-7;10-6-3-7(11)5-8(4-6)13-2-1-9(14)12-13/h1-4H,(H,13,15);1-5H,(H,12,14). The van der Waals surface area contributed by atoms with Crippen molar-refractivity contribution in [1.82, 2.24) is 19.6 Å². The Morgan fingerprint density at radius 3 is 1.59 bits per heavy atom. The van der Waals surface area contributed by atoms with Crippen LogP contribution in [0, 0.1) is 0 Å². The maximum absolute atomic E-state index is 11.2. The second-order valence-electron chi connectivity index (χ2n) is 5.71. The van der Waals surface area contributed by atoms with Crippen molar-refractivity contribution in [2.45, 2.75) is 0 Å². The van der Waals surface area contributed by atoms with Crippen molar-refractivity contribution in [2.75, 3.05) is 0 Å². The fourth-order valence-electron chi connectivity index (χ4n) is 2.35. The highest BCUT2D eigenvalue weighted by Gasteiger charge is 2.04. The van der Waals surface area contributed by atoms with Crippen LogP contribution in [-0.2, 0) is 0 Å². The highest BCUT2D eigenvalue weighted by molar-refractivity contribution is 9.10. The molecule has 0 radical (unpaired) electrons. The van der Waals surface area contributed by atoms with Gasteiger partial charge in [-0.3, -0.25) is 29.2 Å². The Hall–Kier alpha value is -1.90. The second kappa shape index (κ2) is 9.28. The molecule has 150 valence electrons. The molecule has 0 saturated carbocycles. The van der Waals surface area contributed by atoms with Gasteiger partial charge in [-0.05, 0) is 52.3 Å². The number of nitrogens with zero attached hydrogens (tertiary/aromatic N) is 2. The Morgan fingerprint density at radius 2 is 1.21 bits per heavy atom. The average molecular weight is 537 g/mol. The number of H-pyrrole nitrogens is 2. The second-order valence-corrected chi connectivity index (χ2v) is 8.31. The predicted octanol–water partition coefficient (Wildman–Crippen LogP) is 5.71. The van der Waals surface area contributed by atoms with Crippen LogP contribution in [0.5, 0.6) is 0 Å². The summed E-state index contributed by atoms with van der Waals surface area (Å²) in [5.41, 5.74) is 1.06. The highest BCUT2D eigenvalue weighted by Crippen LogP contribution is 2.22. The maximum Gasteiger partial charge on any atom is 0.278 e. The van der Waals surface area contributed by atoms with E-state index < -0.39 is 0 Å². The van der Waals surface area contributed by atoms with Crippen LogP contribution in [0.15, 0.2) is 68.9 Å². The van der Waals surface area contributed by atoms with E-state index in [1.54, 1.807) is 58.2 Å². The third-order valence-corrected chi connectivity index (χ3v) is 4.98. The van der Waals surface area contributed by atoms with Gasteiger partial charge in [0.15, 0.2) is 0 Å². The van der Waals surface area contributed by atoms with Gasteiger partial charge in [0.1, 0.15) is 4.47 Å². The summed E-state index contributed by atoms with van der Waals surface area (Å²) in [4.78, 5) is 22.1. The van der Waals surface area contributed by atoms with E-state index in [0.29, 0.717) is 30.3 Å². The molecule has 0 aliphatic carbocycles. The third-order valence-electron chi connectivity index (χ3n) is 3.54. The van der Waals surface area contributed by atoms with Gasteiger partial charge in [0.2, 0.25) is 0 Å². The van der Waals surface area contributed by atoms with Gasteiger partial charge in [-0.15, -0.1) is 0 Å². The molecule has 0 atom stereocenters. The molecule has 0 unspecified atom stereocenters. The molecule has 2 N–H and O–H groups in total. The lowest BCUT2D eigenvalue weighted by molar-refractivity contribution is 0.864. The lowest BCUT2D eigenvalue weighted by Crippen LogP contribution is -2.03. The molecule has 0 aliphatic rings. The van der Waals surface area contributed by atoms with Crippen molar-refractivity contribution < 1.29 is 0 Å². The van der Waals surface area contributed by atoms with Crippen LogP contribution >= 0.6 is 62.3 Å². The van der Waals surface area contributed by atoms with E-state index >= 15 is 0 Å². The van der Waals surface area contributed by atoms with Crippen LogP contribution in [-0.4, -0.2) is 19.6 Å². The molecule has 2 aromatic carbocycles. The van der Waals surface area contributed by atoms with Crippen LogP contribution in [0.1, 0.15) is 0 Å². The van der Waals surface area contributed by atoms with Crippen molar-refractivity contribution in [3.63, 3.8) is 0 Å². The lowest BCUT2D eigenvalue weighted by Gasteiger charge is -2.03. The van der Waals surface area contributed by atoms with Gasteiger partial charge >= 0.3 is 0 Å². The molecule has 0 saturated heterocycles. The van der Waals surface area contributed by atoms with Gasteiger partial charge in [-0.25, -0.2) is 0 Å². The quantitative estimate of drug-likeness (QED) is 0.344. The van der Waals surface area contributed by atoms with E-state index in [0.717, 1.165) is 5.69 Å². The zero-order chi connectivity index (χ0) is 21.1. The number of aromatic nitrogens is 4. The maximum atomic E-state index is 11.2. The summed E-state index contributed by atoms with van der Waals surface area (Å²) in [6.45, 7) is 0. The molecule has 4 rings (SSSR count). The Labute approximate surface area is 192 Å². The number of benzene rings is 2. The van der Waals surface area contributed by atoms with Crippen LogP contribution in [0.3, 0.4) is 0 Å². The molecule has 0 spiro atoms. The first kappa shape index (κ1) is 21.8. The van der Waals surface area contributed by atoms with Gasteiger partial charge in [-0.1, -0.05) is 46.4 Å². The molecule has 2 heterocycles. The van der Waals surface area contributed by atoms with Gasteiger partial charge in [0.05, 0.1) is 11.4 Å². The van der Waals surface area contributed by atoms with Crippen LogP contribution in [0.25, 0.3) is 11.4 Å². The molecule has 0 fully saturated rings. The fourth-order valence-corrected chi connectivity index (χ4v) is 3.67. The number of hydrogen-bond donors (Lipinski definition) is 2. The summed E-state index contributed by atoms with van der Waals surface area (Å²) < 4.78 is 3.56. The molecular weight excluding hydrogens is 526 g/mol. The van der Waals surface area contributed by atoms with E-state index in [1.807, 2.05) is 0 Å². The smallest absolute Gasteiger partial charge is 0.268 e. The number of aromatic amines is 2. The normalized spacial score (nSPS) is 10.5. The zero-order valence-electron chi connectivity index (χ0n) is 14.3. The Balaban J connectivity index is 0.000000166. The van der Waals surface area contributed by atoms with Crippen LogP contribution < -0.4 is 11.1 Å². The number of halogens is 5. The first-order chi connectivity index (χ1) is 13.7. The largest absolute Gasteiger partial charge is 0.278 e. The fraction of sp³-hybridized carbons (Fsp3) is 0. The minimum Gasteiger partial charge on any atom is -0.268 e. The predicted molar refractivity (Wildman–Crippen MR) is 121 cm³/mol. The minimum atomic E-state index is -0.203. The van der Waals surface area contributed by atoms with Gasteiger partial charge in [0.25, 0.3) is 11.1 Å². The monoisotopic (exact) mass is 534 g/mol. The Morgan fingerprint density at radius 1 is 0.724 bits per heavy atom. The van der Waals surface area contributed by atoms with E-state index in [-0.39, 0.29) is 11.1 Å². The SMILES string of the molecule is O=c1[nH]n(-c2cc(Cl)cc(Cl)c2)cc1Br.O=c1ccn(-c2cc(Cl)cc(Cl)c2)[nH]1. The topological polar surface area (TPSA) is 75.6 Å². The molecule has 0 amide bonds. The van der Waals surface area contributed by atoms with Gasteiger partial charge < -0.3 is 0 Å². The number of hydrogen-bond acceptors (Lipinski definition) is 2. The lowest BCUT2D eigenvalue weighted by atomic mass is 10.3. The molecule has 11 heteroatoms. The number of nitrogens with one attached hydrogen (secondary N) is 2. The summed E-state index contributed by atoms with van der Waals surface area (Å²) in [5.74, 6) is 0. The zero-order valence-corrected chi connectivity index (χ0v) is 18.9. The highest BCUT2D eigenvalue weighted by atomic mass is 79.9.